The number of hydrogen-bond acceptors (Lipinski definition) is 1. The molecule has 94 valence electrons. The van der Waals surface area contributed by atoms with Crippen molar-refractivity contribution < 1.29 is 0 Å². The molecule has 0 saturated carbocycles. The van der Waals surface area contributed by atoms with Gasteiger partial charge in [-0.1, -0.05) is 56.4 Å². The van der Waals surface area contributed by atoms with Crippen LogP contribution in [-0.2, 0) is 0 Å². The van der Waals surface area contributed by atoms with Crippen molar-refractivity contribution in [3.63, 3.8) is 0 Å². The van der Waals surface area contributed by atoms with Gasteiger partial charge in [-0.3, -0.25) is 4.99 Å². The van der Waals surface area contributed by atoms with Gasteiger partial charge in [0, 0.05) is 12.1 Å². The molecule has 0 amide bonds. The molecule has 2 nitrogen and oxygen atoms in total. The standard InChI is InChI=1S/C15H24N2/c1-3-4-5-6-7-11-17-15(16)14-10-8-9-13(2)12-14/h8-10,12H,3-7,11H2,1-2H3,(H2,16,17). The minimum Gasteiger partial charge on any atom is -0.384 e. The highest BCUT2D eigenvalue weighted by molar-refractivity contribution is 5.97. The zero-order valence-corrected chi connectivity index (χ0v) is 11.1. The topological polar surface area (TPSA) is 38.4 Å². The minimum atomic E-state index is 0.671. The lowest BCUT2D eigenvalue weighted by molar-refractivity contribution is 0.638. The van der Waals surface area contributed by atoms with Crippen LogP contribution in [0.5, 0.6) is 0 Å². The van der Waals surface area contributed by atoms with Gasteiger partial charge in [0.25, 0.3) is 0 Å². The maximum Gasteiger partial charge on any atom is 0.125 e. The molecule has 17 heavy (non-hydrogen) atoms. The summed E-state index contributed by atoms with van der Waals surface area (Å²) in [6.45, 7) is 5.15. The number of hydrogen-bond donors (Lipinski definition) is 1. The molecule has 2 N–H and O–H groups in total. The summed E-state index contributed by atoms with van der Waals surface area (Å²) in [6.07, 6.45) is 6.34. The molecule has 2 heteroatoms. The maximum absolute atomic E-state index is 5.95. The van der Waals surface area contributed by atoms with Crippen LogP contribution in [0.2, 0.25) is 0 Å². The van der Waals surface area contributed by atoms with E-state index < -0.39 is 0 Å². The first-order valence-corrected chi connectivity index (χ1v) is 6.61. The van der Waals surface area contributed by atoms with Crippen LogP contribution in [0.15, 0.2) is 29.3 Å². The second-order valence-electron chi connectivity index (χ2n) is 4.55. The van der Waals surface area contributed by atoms with E-state index in [1.54, 1.807) is 0 Å². The number of nitrogens with two attached hydrogens (primary N) is 1. The van der Waals surface area contributed by atoms with Gasteiger partial charge in [0.15, 0.2) is 0 Å². The second-order valence-corrected chi connectivity index (χ2v) is 4.55. The first kappa shape index (κ1) is 13.8. The Morgan fingerprint density at radius 3 is 2.65 bits per heavy atom. The van der Waals surface area contributed by atoms with Crippen molar-refractivity contribution in [1.29, 1.82) is 0 Å². The highest BCUT2D eigenvalue weighted by atomic mass is 14.8. The Balaban J connectivity index is 2.34. The average molecular weight is 232 g/mol. The Morgan fingerprint density at radius 1 is 1.18 bits per heavy atom. The Morgan fingerprint density at radius 2 is 1.94 bits per heavy atom. The highest BCUT2D eigenvalue weighted by Gasteiger charge is 1.97. The number of rotatable bonds is 7. The number of aryl methyl sites for hydroxylation is 1. The van der Waals surface area contributed by atoms with E-state index in [1.807, 2.05) is 12.1 Å². The SMILES string of the molecule is CCCCCCCN=C(N)c1cccc(C)c1. The quantitative estimate of drug-likeness (QED) is 0.435. The highest BCUT2D eigenvalue weighted by Crippen LogP contribution is 2.05. The van der Waals surface area contributed by atoms with Crippen LogP contribution in [0.1, 0.15) is 50.2 Å². The van der Waals surface area contributed by atoms with Crippen LogP contribution in [0.4, 0.5) is 0 Å². The Hall–Kier alpha value is -1.31. The van der Waals surface area contributed by atoms with Crippen molar-refractivity contribution in [2.75, 3.05) is 6.54 Å². The molecule has 0 heterocycles. The first-order valence-electron chi connectivity index (χ1n) is 6.61. The molecule has 0 fully saturated rings. The van der Waals surface area contributed by atoms with Gasteiger partial charge in [0.2, 0.25) is 0 Å². The average Bonchev–Trinajstić information content (AvgIpc) is 2.33. The van der Waals surface area contributed by atoms with E-state index in [-0.39, 0.29) is 0 Å². The van der Waals surface area contributed by atoms with Gasteiger partial charge in [0.05, 0.1) is 0 Å². The van der Waals surface area contributed by atoms with Crippen LogP contribution >= 0.6 is 0 Å². The molecule has 0 aliphatic rings. The summed E-state index contributed by atoms with van der Waals surface area (Å²) in [7, 11) is 0. The van der Waals surface area contributed by atoms with Gasteiger partial charge >= 0.3 is 0 Å². The van der Waals surface area contributed by atoms with E-state index in [0.717, 1.165) is 18.5 Å². The molecule has 0 atom stereocenters. The number of benzene rings is 1. The number of unbranched alkanes of at least 4 members (excludes halogenated alkanes) is 4. The molecular formula is C15H24N2. The van der Waals surface area contributed by atoms with E-state index in [1.165, 1.54) is 31.2 Å². The molecule has 0 radical (unpaired) electrons. The first-order chi connectivity index (χ1) is 8.24. The fourth-order valence-electron chi connectivity index (χ4n) is 1.81. The molecule has 0 unspecified atom stereocenters. The molecule has 1 aromatic carbocycles. The van der Waals surface area contributed by atoms with Gasteiger partial charge in [-0.25, -0.2) is 0 Å². The molecule has 1 rings (SSSR count). The monoisotopic (exact) mass is 232 g/mol. The smallest absolute Gasteiger partial charge is 0.125 e. The van der Waals surface area contributed by atoms with Crippen molar-refractivity contribution in [2.24, 2.45) is 10.7 Å². The van der Waals surface area contributed by atoms with E-state index in [0.29, 0.717) is 5.84 Å². The van der Waals surface area contributed by atoms with E-state index in [9.17, 15) is 0 Å². The zero-order chi connectivity index (χ0) is 12.5. The lowest BCUT2D eigenvalue weighted by atomic mass is 10.1. The molecular weight excluding hydrogens is 208 g/mol. The molecule has 0 aromatic heterocycles. The molecule has 0 spiro atoms. The van der Waals surface area contributed by atoms with E-state index >= 15 is 0 Å². The van der Waals surface area contributed by atoms with Gasteiger partial charge in [-0.05, 0) is 19.4 Å². The lowest BCUT2D eigenvalue weighted by Gasteiger charge is -2.02. The van der Waals surface area contributed by atoms with Gasteiger partial charge in [-0.2, -0.15) is 0 Å². The summed E-state index contributed by atoms with van der Waals surface area (Å²) in [5.74, 6) is 0.671. The van der Waals surface area contributed by atoms with E-state index in [4.69, 9.17) is 5.73 Å². The predicted molar refractivity (Wildman–Crippen MR) is 75.5 cm³/mol. The predicted octanol–water partition coefficient (Wildman–Crippen LogP) is 3.67. The fourth-order valence-corrected chi connectivity index (χ4v) is 1.81. The Labute approximate surface area is 105 Å². The van der Waals surface area contributed by atoms with Gasteiger partial charge in [-0.15, -0.1) is 0 Å². The number of amidine groups is 1. The lowest BCUT2D eigenvalue weighted by Crippen LogP contribution is -2.14. The largest absolute Gasteiger partial charge is 0.384 e. The third-order valence-electron chi connectivity index (χ3n) is 2.86. The van der Waals surface area contributed by atoms with Crippen molar-refractivity contribution in [3.8, 4) is 0 Å². The summed E-state index contributed by atoms with van der Waals surface area (Å²) in [5, 5.41) is 0. The van der Waals surface area contributed by atoms with Crippen molar-refractivity contribution in [1.82, 2.24) is 0 Å². The van der Waals surface area contributed by atoms with Gasteiger partial charge < -0.3 is 5.73 Å². The minimum absolute atomic E-state index is 0.671. The fraction of sp³-hybridized carbons (Fsp3) is 0.533. The van der Waals surface area contributed by atoms with Gasteiger partial charge in [0.1, 0.15) is 5.84 Å². The summed E-state index contributed by atoms with van der Waals surface area (Å²) in [5.41, 5.74) is 8.22. The number of aliphatic imine (C=N–C) groups is 1. The normalized spacial score (nSPS) is 11.8. The molecule has 0 aliphatic heterocycles. The van der Waals surface area contributed by atoms with Crippen LogP contribution in [0.3, 0.4) is 0 Å². The van der Waals surface area contributed by atoms with Crippen LogP contribution < -0.4 is 5.73 Å². The van der Waals surface area contributed by atoms with Crippen molar-refractivity contribution >= 4 is 5.84 Å². The second kappa shape index (κ2) is 7.88. The zero-order valence-electron chi connectivity index (χ0n) is 11.1. The van der Waals surface area contributed by atoms with Crippen molar-refractivity contribution in [2.45, 2.75) is 46.0 Å². The summed E-state index contributed by atoms with van der Waals surface area (Å²) in [4.78, 5) is 4.43. The molecule has 0 bridgehead atoms. The summed E-state index contributed by atoms with van der Waals surface area (Å²) >= 11 is 0. The maximum atomic E-state index is 5.95. The van der Waals surface area contributed by atoms with Crippen molar-refractivity contribution in [3.05, 3.63) is 35.4 Å². The third-order valence-corrected chi connectivity index (χ3v) is 2.86. The molecule has 1 aromatic rings. The summed E-state index contributed by atoms with van der Waals surface area (Å²) < 4.78 is 0. The molecule has 0 aliphatic carbocycles. The van der Waals surface area contributed by atoms with Crippen LogP contribution in [-0.4, -0.2) is 12.4 Å². The third kappa shape index (κ3) is 5.53. The van der Waals surface area contributed by atoms with Crippen LogP contribution in [0, 0.1) is 6.92 Å². The Bertz CT molecular complexity index is 356. The summed E-state index contributed by atoms with van der Waals surface area (Å²) in [6, 6.07) is 8.19. The van der Waals surface area contributed by atoms with Crippen LogP contribution in [0.25, 0.3) is 0 Å². The molecule has 0 saturated heterocycles. The Kier molecular flexibility index (Phi) is 6.38. The van der Waals surface area contributed by atoms with E-state index in [2.05, 4.69) is 31.0 Å². The number of nitrogens with zero attached hydrogens (tertiary/aromatic N) is 1.